The summed E-state index contributed by atoms with van der Waals surface area (Å²) < 4.78 is 1.77. The SMILES string of the molecule is Cn1cc(-c2ccc(C3=Nc4cccc(C(=O)O)c4C3)cc2)cn1. The van der Waals surface area contributed by atoms with E-state index in [9.17, 15) is 9.90 Å². The van der Waals surface area contributed by atoms with Gasteiger partial charge in [0.25, 0.3) is 0 Å². The molecule has 0 aliphatic carbocycles. The summed E-state index contributed by atoms with van der Waals surface area (Å²) in [5.41, 5.74) is 5.94. The number of aromatic nitrogens is 2. The van der Waals surface area contributed by atoms with Crippen LogP contribution in [-0.4, -0.2) is 26.6 Å². The van der Waals surface area contributed by atoms with Crippen molar-refractivity contribution in [2.24, 2.45) is 12.0 Å². The molecule has 0 amide bonds. The van der Waals surface area contributed by atoms with Crippen LogP contribution in [0.5, 0.6) is 0 Å². The van der Waals surface area contributed by atoms with Gasteiger partial charge in [-0.25, -0.2) is 4.79 Å². The molecule has 0 bridgehead atoms. The molecule has 1 aromatic heterocycles. The van der Waals surface area contributed by atoms with E-state index in [0.717, 1.165) is 33.7 Å². The molecule has 0 saturated carbocycles. The third-order valence-electron chi connectivity index (χ3n) is 4.24. The van der Waals surface area contributed by atoms with Crippen LogP contribution in [0.25, 0.3) is 11.1 Å². The fourth-order valence-corrected chi connectivity index (χ4v) is 3.01. The van der Waals surface area contributed by atoms with E-state index < -0.39 is 5.97 Å². The summed E-state index contributed by atoms with van der Waals surface area (Å²) in [5, 5.41) is 13.5. The Labute approximate surface area is 138 Å². The van der Waals surface area contributed by atoms with Crippen molar-refractivity contribution in [1.82, 2.24) is 9.78 Å². The Morgan fingerprint density at radius 3 is 2.50 bits per heavy atom. The first-order valence-electron chi connectivity index (χ1n) is 7.64. The molecule has 3 aromatic rings. The molecule has 1 aliphatic heterocycles. The number of rotatable bonds is 3. The molecule has 118 valence electrons. The predicted octanol–water partition coefficient (Wildman–Crippen LogP) is 3.46. The smallest absolute Gasteiger partial charge is 0.336 e. The van der Waals surface area contributed by atoms with E-state index in [0.29, 0.717) is 12.0 Å². The molecule has 1 N–H and O–H groups in total. The number of aliphatic imine (C=N–C) groups is 1. The lowest BCUT2D eigenvalue weighted by atomic mass is 9.98. The van der Waals surface area contributed by atoms with Crippen molar-refractivity contribution in [2.75, 3.05) is 0 Å². The molecule has 0 fully saturated rings. The molecule has 4 rings (SSSR count). The van der Waals surface area contributed by atoms with Gasteiger partial charge < -0.3 is 5.11 Å². The number of aryl methyl sites for hydroxylation is 1. The molecule has 0 unspecified atom stereocenters. The second-order valence-corrected chi connectivity index (χ2v) is 5.82. The van der Waals surface area contributed by atoms with Crippen LogP contribution >= 0.6 is 0 Å². The normalized spacial score (nSPS) is 12.8. The predicted molar refractivity (Wildman–Crippen MR) is 91.9 cm³/mol. The van der Waals surface area contributed by atoms with Crippen LogP contribution in [0.2, 0.25) is 0 Å². The molecule has 2 heterocycles. The molecule has 0 saturated heterocycles. The van der Waals surface area contributed by atoms with Gasteiger partial charge in [-0.15, -0.1) is 0 Å². The number of carbonyl (C=O) groups is 1. The molecule has 0 atom stereocenters. The second kappa shape index (κ2) is 5.45. The first kappa shape index (κ1) is 14.4. The fourth-order valence-electron chi connectivity index (χ4n) is 3.01. The fraction of sp³-hybridized carbons (Fsp3) is 0.105. The van der Waals surface area contributed by atoms with Crippen molar-refractivity contribution < 1.29 is 9.90 Å². The van der Waals surface area contributed by atoms with Crippen LogP contribution in [0.15, 0.2) is 59.9 Å². The lowest BCUT2D eigenvalue weighted by Gasteiger charge is -2.04. The molecule has 0 radical (unpaired) electrons. The van der Waals surface area contributed by atoms with Gasteiger partial charge in [0.2, 0.25) is 0 Å². The topological polar surface area (TPSA) is 67.5 Å². The van der Waals surface area contributed by atoms with Crippen molar-refractivity contribution >= 4 is 17.4 Å². The summed E-state index contributed by atoms with van der Waals surface area (Å²) in [4.78, 5) is 16.0. The molecule has 2 aromatic carbocycles. The van der Waals surface area contributed by atoms with E-state index in [2.05, 4.69) is 10.1 Å². The highest BCUT2D eigenvalue weighted by molar-refractivity contribution is 6.08. The maximum Gasteiger partial charge on any atom is 0.336 e. The molecule has 5 heteroatoms. The molecular formula is C19H15N3O2. The summed E-state index contributed by atoms with van der Waals surface area (Å²) in [6.45, 7) is 0. The summed E-state index contributed by atoms with van der Waals surface area (Å²) in [7, 11) is 1.89. The van der Waals surface area contributed by atoms with Crippen molar-refractivity contribution in [1.29, 1.82) is 0 Å². The number of hydrogen-bond acceptors (Lipinski definition) is 3. The molecule has 1 aliphatic rings. The maximum absolute atomic E-state index is 11.3. The standard InChI is InChI=1S/C19H15N3O2/c1-22-11-14(10-20-22)12-5-7-13(8-6-12)18-9-16-15(19(23)24)3-2-4-17(16)21-18/h2-8,10-11H,9H2,1H3,(H,23,24). The Bertz CT molecular complexity index is 969. The molecule has 0 spiro atoms. The van der Waals surface area contributed by atoms with Crippen molar-refractivity contribution in [3.63, 3.8) is 0 Å². The third-order valence-corrected chi connectivity index (χ3v) is 4.24. The highest BCUT2D eigenvalue weighted by atomic mass is 16.4. The van der Waals surface area contributed by atoms with Crippen LogP contribution in [0, 0.1) is 0 Å². The first-order chi connectivity index (χ1) is 11.6. The van der Waals surface area contributed by atoms with Crippen molar-refractivity contribution in [2.45, 2.75) is 6.42 Å². The summed E-state index contributed by atoms with van der Waals surface area (Å²) >= 11 is 0. The Morgan fingerprint density at radius 2 is 1.83 bits per heavy atom. The van der Waals surface area contributed by atoms with Gasteiger partial charge in [0.1, 0.15) is 0 Å². The number of hydrogen-bond donors (Lipinski definition) is 1. The zero-order chi connectivity index (χ0) is 16.7. The van der Waals surface area contributed by atoms with E-state index in [1.54, 1.807) is 16.8 Å². The van der Waals surface area contributed by atoms with Crippen LogP contribution in [-0.2, 0) is 13.5 Å². The number of nitrogens with zero attached hydrogens (tertiary/aromatic N) is 3. The lowest BCUT2D eigenvalue weighted by Crippen LogP contribution is -2.05. The zero-order valence-corrected chi connectivity index (χ0v) is 13.1. The van der Waals surface area contributed by atoms with Crippen LogP contribution < -0.4 is 0 Å². The number of carboxylic acids is 1. The average Bonchev–Trinajstić information content (AvgIpc) is 3.20. The Morgan fingerprint density at radius 1 is 1.08 bits per heavy atom. The molecular weight excluding hydrogens is 302 g/mol. The van der Waals surface area contributed by atoms with E-state index in [4.69, 9.17) is 0 Å². The van der Waals surface area contributed by atoms with E-state index >= 15 is 0 Å². The minimum atomic E-state index is -0.907. The van der Waals surface area contributed by atoms with Gasteiger partial charge in [-0.05, 0) is 28.8 Å². The van der Waals surface area contributed by atoms with E-state index in [1.807, 2.05) is 49.8 Å². The van der Waals surface area contributed by atoms with Gasteiger partial charge in [0, 0.05) is 25.2 Å². The maximum atomic E-state index is 11.3. The largest absolute Gasteiger partial charge is 0.478 e. The monoisotopic (exact) mass is 317 g/mol. The van der Waals surface area contributed by atoms with Crippen molar-refractivity contribution in [3.8, 4) is 11.1 Å². The minimum Gasteiger partial charge on any atom is -0.478 e. The Balaban J connectivity index is 1.64. The summed E-state index contributed by atoms with van der Waals surface area (Å²) in [6, 6.07) is 13.3. The van der Waals surface area contributed by atoms with Crippen LogP contribution in [0.3, 0.4) is 0 Å². The Kier molecular flexibility index (Phi) is 3.27. The van der Waals surface area contributed by atoms with Gasteiger partial charge in [0.05, 0.1) is 23.2 Å². The van der Waals surface area contributed by atoms with Gasteiger partial charge in [-0.3, -0.25) is 9.67 Å². The van der Waals surface area contributed by atoms with Gasteiger partial charge >= 0.3 is 5.97 Å². The highest BCUT2D eigenvalue weighted by Gasteiger charge is 2.21. The second-order valence-electron chi connectivity index (χ2n) is 5.82. The lowest BCUT2D eigenvalue weighted by molar-refractivity contribution is 0.0696. The summed E-state index contributed by atoms with van der Waals surface area (Å²) in [5.74, 6) is -0.907. The van der Waals surface area contributed by atoms with Crippen LogP contribution in [0.4, 0.5) is 5.69 Å². The van der Waals surface area contributed by atoms with Gasteiger partial charge in [0.15, 0.2) is 0 Å². The minimum absolute atomic E-state index is 0.332. The number of carboxylic acid groups (broad SMARTS) is 1. The molecule has 24 heavy (non-hydrogen) atoms. The quantitative estimate of drug-likeness (QED) is 0.804. The number of aromatic carboxylic acids is 1. The van der Waals surface area contributed by atoms with E-state index in [1.165, 1.54) is 0 Å². The zero-order valence-electron chi connectivity index (χ0n) is 13.1. The van der Waals surface area contributed by atoms with Crippen molar-refractivity contribution in [3.05, 3.63) is 71.5 Å². The Hall–Kier alpha value is -3.21. The third kappa shape index (κ3) is 2.40. The van der Waals surface area contributed by atoms with Gasteiger partial charge in [-0.2, -0.15) is 5.10 Å². The first-order valence-corrected chi connectivity index (χ1v) is 7.64. The average molecular weight is 317 g/mol. The van der Waals surface area contributed by atoms with E-state index in [-0.39, 0.29) is 0 Å². The summed E-state index contributed by atoms with van der Waals surface area (Å²) in [6.07, 6.45) is 4.35. The highest BCUT2D eigenvalue weighted by Crippen LogP contribution is 2.32. The molecule has 5 nitrogen and oxygen atoms in total. The number of benzene rings is 2. The van der Waals surface area contributed by atoms with Crippen LogP contribution in [0.1, 0.15) is 21.5 Å². The van der Waals surface area contributed by atoms with Gasteiger partial charge in [-0.1, -0.05) is 30.3 Å². The number of fused-ring (bicyclic) bond motifs is 1.